The van der Waals surface area contributed by atoms with Crippen LogP contribution in [0, 0.1) is 0 Å². The van der Waals surface area contributed by atoms with Gasteiger partial charge in [0.1, 0.15) is 0 Å². The first kappa shape index (κ1) is 86.4. The predicted molar refractivity (Wildman–Crippen MR) is 598 cm³/mol. The Balaban J connectivity index is 0.000000124. The molecule has 0 amide bonds. The maximum absolute atomic E-state index is 6.70. The van der Waals surface area contributed by atoms with Crippen LogP contribution in [0.5, 0.6) is 0 Å². The highest BCUT2D eigenvalue weighted by Gasteiger charge is 2.55. The number of benzene rings is 22. The summed E-state index contributed by atoms with van der Waals surface area (Å²) in [6.07, 6.45) is 0. The third-order valence-corrected chi connectivity index (χ3v) is 31.2. The van der Waals surface area contributed by atoms with Crippen LogP contribution in [0.2, 0.25) is 5.02 Å². The first-order valence-corrected chi connectivity index (χ1v) is 49.4. The average Bonchev–Trinajstić information content (AvgIpc) is 1.50. The second-order valence-electron chi connectivity index (χ2n) is 38.9. The molecule has 676 valence electrons. The van der Waals surface area contributed by atoms with Gasteiger partial charge in [-0.2, -0.15) is 0 Å². The average molecular weight is 1840 g/mol. The van der Waals surface area contributed by atoms with Gasteiger partial charge in [0.25, 0.3) is 0 Å². The highest BCUT2D eigenvalue weighted by Crippen LogP contribution is 2.68. The third-order valence-electron chi connectivity index (χ3n) is 30.9. The summed E-state index contributed by atoms with van der Waals surface area (Å²) in [4.78, 5) is 7.36. The van der Waals surface area contributed by atoms with Crippen molar-refractivity contribution in [2.24, 2.45) is 0 Å². The minimum atomic E-state index is -0.542. The molecule has 28 rings (SSSR count). The van der Waals surface area contributed by atoms with E-state index < -0.39 is 10.8 Å². The van der Waals surface area contributed by atoms with Crippen LogP contribution in [0.1, 0.15) is 102 Å². The topological polar surface area (TPSA) is 21.8 Å². The number of para-hydroxylation sites is 6. The Kier molecular flexibility index (Phi) is 21.0. The van der Waals surface area contributed by atoms with Gasteiger partial charge >= 0.3 is 0 Å². The van der Waals surface area contributed by atoms with Gasteiger partial charge in [0, 0.05) is 60.7 Å². The van der Waals surface area contributed by atoms with Gasteiger partial charge in [0.2, 0.25) is 0 Å². The zero-order valence-electron chi connectivity index (χ0n) is 78.7. The summed E-state index contributed by atoms with van der Waals surface area (Å²) in [5.74, 6) is 0. The SMILES string of the molecule is C.CC1(C)c2ccccc2-c2ccc(N(c3ccc(-c4ccccc4)cc3)c3ccc(-c4cccc5c4-c4ccccc4C54c5ccccc5N(c5ccccc5)c5ccccc54)c4ccccc34)cc21.CC1(C)c2ccccc2-c2ccc(Nc3ccc(-c4ccccc4)cc3)cc21.Clc1ccc(-c2cccc3c2-c2ccccc2C32c3ccccc3N(c3ccccc3)c3ccccc32)c2ccccc12. The molecular formula is C137H101ClN4. The Morgan fingerprint density at radius 1 is 0.211 bits per heavy atom. The fourth-order valence-corrected chi connectivity index (χ4v) is 24.9. The van der Waals surface area contributed by atoms with Crippen molar-refractivity contribution >= 4 is 95.7 Å². The molecule has 0 fully saturated rings. The van der Waals surface area contributed by atoms with Crippen molar-refractivity contribution in [3.63, 3.8) is 0 Å². The number of fused-ring (bicyclic) bond motifs is 26. The molecule has 22 aromatic carbocycles. The molecule has 2 spiro atoms. The van der Waals surface area contributed by atoms with Crippen LogP contribution < -0.4 is 20.0 Å². The zero-order chi connectivity index (χ0) is 94.2. The minimum Gasteiger partial charge on any atom is -0.356 e. The normalized spacial score (nSPS) is 13.8. The molecule has 2 heterocycles. The van der Waals surface area contributed by atoms with E-state index in [0.29, 0.717) is 0 Å². The molecule has 0 unspecified atom stereocenters. The van der Waals surface area contributed by atoms with E-state index in [2.05, 4.69) is 545 Å². The van der Waals surface area contributed by atoms with Gasteiger partial charge in [-0.15, -0.1) is 0 Å². The molecule has 0 radical (unpaired) electrons. The largest absolute Gasteiger partial charge is 0.356 e. The fourth-order valence-electron chi connectivity index (χ4n) is 24.7. The lowest BCUT2D eigenvalue weighted by Gasteiger charge is -2.45. The predicted octanol–water partition coefficient (Wildman–Crippen LogP) is 37.4. The van der Waals surface area contributed by atoms with Crippen molar-refractivity contribution in [3.05, 3.63) is 581 Å². The molecule has 4 nitrogen and oxygen atoms in total. The minimum absolute atomic E-state index is 0. The van der Waals surface area contributed by atoms with Crippen LogP contribution in [0.15, 0.2) is 510 Å². The van der Waals surface area contributed by atoms with E-state index in [-0.39, 0.29) is 18.3 Å². The summed E-state index contributed by atoms with van der Waals surface area (Å²) in [5.41, 5.74) is 47.9. The quantitative estimate of drug-likeness (QED) is 0.139. The molecule has 142 heavy (non-hydrogen) atoms. The van der Waals surface area contributed by atoms with Crippen molar-refractivity contribution in [1.82, 2.24) is 0 Å². The van der Waals surface area contributed by atoms with E-state index in [9.17, 15) is 0 Å². The van der Waals surface area contributed by atoms with Crippen LogP contribution >= 0.6 is 11.6 Å². The second kappa shape index (κ2) is 34.5. The van der Waals surface area contributed by atoms with E-state index >= 15 is 0 Å². The van der Waals surface area contributed by atoms with Crippen LogP contribution in [0.4, 0.5) is 62.6 Å². The fraction of sp³-hybridized carbons (Fsp3) is 0.0657. The summed E-state index contributed by atoms with van der Waals surface area (Å²) >= 11 is 6.70. The Labute approximate surface area is 836 Å². The number of nitrogens with zero attached hydrogens (tertiary/aromatic N) is 3. The number of hydrogen-bond acceptors (Lipinski definition) is 4. The van der Waals surface area contributed by atoms with E-state index in [0.717, 1.165) is 50.2 Å². The lowest BCUT2D eigenvalue weighted by atomic mass is 9.64. The van der Waals surface area contributed by atoms with Gasteiger partial charge in [-0.3, -0.25) is 0 Å². The zero-order valence-corrected chi connectivity index (χ0v) is 79.5. The van der Waals surface area contributed by atoms with Gasteiger partial charge in [-0.1, -0.05) is 447 Å². The number of anilines is 11. The molecule has 22 aromatic rings. The van der Waals surface area contributed by atoms with Gasteiger partial charge < -0.3 is 20.0 Å². The van der Waals surface area contributed by atoms with E-state index in [1.165, 1.54) is 195 Å². The highest BCUT2D eigenvalue weighted by atomic mass is 35.5. The molecule has 0 bridgehead atoms. The summed E-state index contributed by atoms with van der Waals surface area (Å²) in [6, 6.07) is 187. The Morgan fingerprint density at radius 2 is 0.521 bits per heavy atom. The number of halogens is 1. The number of rotatable bonds is 11. The molecule has 2 aliphatic heterocycles. The van der Waals surface area contributed by atoms with Crippen LogP contribution in [0.3, 0.4) is 0 Å². The molecule has 1 N–H and O–H groups in total. The first-order chi connectivity index (χ1) is 69.4. The molecule has 0 atom stereocenters. The highest BCUT2D eigenvalue weighted by molar-refractivity contribution is 6.36. The van der Waals surface area contributed by atoms with E-state index in [4.69, 9.17) is 11.6 Å². The Morgan fingerprint density at radius 3 is 0.986 bits per heavy atom. The molecule has 4 aliphatic carbocycles. The van der Waals surface area contributed by atoms with Gasteiger partial charge in [0.15, 0.2) is 0 Å². The van der Waals surface area contributed by atoms with Crippen LogP contribution in [0.25, 0.3) is 111 Å². The number of nitrogens with one attached hydrogen (secondary N) is 1. The van der Waals surface area contributed by atoms with E-state index in [1.807, 2.05) is 12.1 Å². The molecule has 0 aromatic heterocycles. The lowest BCUT2D eigenvalue weighted by Crippen LogP contribution is -2.36. The van der Waals surface area contributed by atoms with Gasteiger partial charge in [0.05, 0.1) is 39.3 Å². The Bertz CT molecular complexity index is 8630. The summed E-state index contributed by atoms with van der Waals surface area (Å²) < 4.78 is 0. The van der Waals surface area contributed by atoms with Crippen molar-refractivity contribution in [1.29, 1.82) is 0 Å². The van der Waals surface area contributed by atoms with Crippen molar-refractivity contribution in [3.8, 4) is 89.0 Å². The van der Waals surface area contributed by atoms with Crippen LogP contribution in [-0.2, 0) is 21.7 Å². The van der Waals surface area contributed by atoms with Crippen LogP contribution in [-0.4, -0.2) is 0 Å². The molecule has 6 aliphatic rings. The molecule has 0 saturated carbocycles. The second-order valence-corrected chi connectivity index (χ2v) is 39.3. The summed E-state index contributed by atoms with van der Waals surface area (Å²) in [6.45, 7) is 9.37. The van der Waals surface area contributed by atoms with Gasteiger partial charge in [-0.05, 0) is 276 Å². The third kappa shape index (κ3) is 13.4. The van der Waals surface area contributed by atoms with Crippen molar-refractivity contribution < 1.29 is 0 Å². The first-order valence-electron chi connectivity index (χ1n) is 49.0. The van der Waals surface area contributed by atoms with Crippen molar-refractivity contribution in [2.75, 3.05) is 20.0 Å². The smallest absolute Gasteiger partial charge is 0.0754 e. The lowest BCUT2D eigenvalue weighted by molar-refractivity contribution is 0.660. The monoisotopic (exact) mass is 1840 g/mol. The molecule has 5 heteroatoms. The van der Waals surface area contributed by atoms with Gasteiger partial charge in [-0.25, -0.2) is 0 Å². The van der Waals surface area contributed by atoms with E-state index in [1.54, 1.807) is 0 Å². The van der Waals surface area contributed by atoms with Crippen molar-refractivity contribution in [2.45, 2.75) is 56.8 Å². The summed E-state index contributed by atoms with van der Waals surface area (Å²) in [7, 11) is 0. The molecular weight excluding hydrogens is 1740 g/mol. The molecule has 0 saturated heterocycles. The number of hydrogen-bond donors (Lipinski definition) is 1. The standard InChI is InChI=1S/C68H48N2.C41H26ClN.C27H23N.CH4/c1-67(2)57-29-13-11-25-52(57)53-41-40-49(44-62(53)67)69(48-38-36-46(37-39-48)45-20-5-3-6-21-45)63-43-42-51(50-24-9-10-26-54(50)63)55-28-19-33-61-66(55)56-27-12-14-30-58(56)68(61)59-31-15-17-34-64(59)70(47-22-7-4-8-23-47)65-35-18-16-32-60(65)68;42-37-26-25-29(28-15-4-5-16-30(28)37)31-18-12-22-36-40(31)32-17-6-7-19-33(32)41(36)34-20-8-10-23-38(34)43(27-13-2-1-3-14-27)39-24-11-9-21-35(39)41;1-27(2)25-11-7-6-10-23(25)24-17-16-22(18-26(24)27)28-21-14-12-20(13-15-21)19-8-4-3-5-9-19;/h3-44H,1-2H3;1-26H;3-18,28H,1-2H3;1H4. The maximum Gasteiger partial charge on any atom is 0.0754 e. The Hall–Kier alpha value is -17.2. The summed E-state index contributed by atoms with van der Waals surface area (Å²) in [5, 5.41) is 9.01. The maximum atomic E-state index is 6.70.